The van der Waals surface area contributed by atoms with E-state index in [1.54, 1.807) is 29.6 Å². The van der Waals surface area contributed by atoms with E-state index in [-0.39, 0.29) is 5.91 Å². The van der Waals surface area contributed by atoms with Crippen LogP contribution in [0.4, 0.5) is 0 Å². The van der Waals surface area contributed by atoms with E-state index in [2.05, 4.69) is 15.4 Å². The molecule has 2 aromatic rings. The largest absolute Gasteiger partial charge is 0.354 e. The van der Waals surface area contributed by atoms with Crippen LogP contribution in [-0.4, -0.2) is 31.8 Å². The van der Waals surface area contributed by atoms with Gasteiger partial charge in [-0.25, -0.2) is 4.98 Å². The normalized spacial score (nSPS) is 10.6. The maximum atomic E-state index is 11.6. The molecule has 0 aliphatic rings. The molecule has 2 heterocycles. The Kier molecular flexibility index (Phi) is 4.97. The summed E-state index contributed by atoms with van der Waals surface area (Å²) in [6.07, 6.45) is 9.99. The number of imidazole rings is 1. The van der Waals surface area contributed by atoms with E-state index in [9.17, 15) is 4.79 Å². The summed E-state index contributed by atoms with van der Waals surface area (Å²) in [4.78, 5) is 15.5. The molecule has 0 saturated carbocycles. The Bertz CT molecular complexity index is 508. The average molecular weight is 282 g/mol. The number of nitrogens with one attached hydrogen (secondary N) is 1. The average Bonchev–Trinajstić information content (AvgIpc) is 3.01. The first-order valence-corrected chi connectivity index (χ1v) is 6.52. The second kappa shape index (κ2) is 6.94. The van der Waals surface area contributed by atoms with Crippen LogP contribution in [0.25, 0.3) is 0 Å². The van der Waals surface area contributed by atoms with Gasteiger partial charge in [0.05, 0.1) is 24.1 Å². The van der Waals surface area contributed by atoms with Gasteiger partial charge in [-0.15, -0.1) is 0 Å². The molecule has 1 N–H and O–H groups in total. The van der Waals surface area contributed by atoms with Crippen molar-refractivity contribution in [3.05, 3.63) is 36.1 Å². The summed E-state index contributed by atoms with van der Waals surface area (Å²) in [5.41, 5.74) is 0. The monoisotopic (exact) mass is 281 g/mol. The van der Waals surface area contributed by atoms with Gasteiger partial charge in [0.25, 0.3) is 0 Å². The molecular weight excluding hydrogens is 266 g/mol. The van der Waals surface area contributed by atoms with Gasteiger partial charge < -0.3 is 9.88 Å². The highest BCUT2D eigenvalue weighted by Gasteiger charge is 2.01. The van der Waals surface area contributed by atoms with Gasteiger partial charge in [-0.05, 0) is 6.42 Å². The molecule has 0 aliphatic carbocycles. The molecule has 0 radical (unpaired) electrons. The third-order valence-corrected chi connectivity index (χ3v) is 2.84. The fraction of sp³-hybridized carbons (Fsp3) is 0.417. The highest BCUT2D eigenvalue weighted by Crippen LogP contribution is 2.03. The Morgan fingerprint density at radius 2 is 2.32 bits per heavy atom. The number of carbonyl (C=O) groups is 1. The van der Waals surface area contributed by atoms with Gasteiger partial charge >= 0.3 is 0 Å². The number of hydrogen-bond donors (Lipinski definition) is 1. The first-order valence-electron chi connectivity index (χ1n) is 6.14. The maximum Gasteiger partial charge on any atom is 0.220 e. The smallest absolute Gasteiger partial charge is 0.220 e. The Hall–Kier alpha value is -1.82. The van der Waals surface area contributed by atoms with Crippen LogP contribution in [0.15, 0.2) is 31.1 Å². The predicted octanol–water partition coefficient (Wildman–Crippen LogP) is 1.33. The first kappa shape index (κ1) is 13.6. The highest BCUT2D eigenvalue weighted by atomic mass is 35.5. The SMILES string of the molecule is O=C(CCCn1ccnc1)NCCn1cc(Cl)cn1. The second-order valence-corrected chi connectivity index (χ2v) is 4.61. The van der Waals surface area contributed by atoms with Crippen LogP contribution in [0.2, 0.25) is 5.02 Å². The highest BCUT2D eigenvalue weighted by molar-refractivity contribution is 6.30. The number of nitrogens with zero attached hydrogens (tertiary/aromatic N) is 4. The van der Waals surface area contributed by atoms with Crippen molar-refractivity contribution in [2.45, 2.75) is 25.9 Å². The molecule has 6 nitrogen and oxygen atoms in total. The zero-order valence-corrected chi connectivity index (χ0v) is 11.3. The van der Waals surface area contributed by atoms with E-state index in [4.69, 9.17) is 11.6 Å². The Morgan fingerprint density at radius 3 is 3.00 bits per heavy atom. The van der Waals surface area contributed by atoms with Crippen molar-refractivity contribution < 1.29 is 4.79 Å². The molecule has 7 heteroatoms. The lowest BCUT2D eigenvalue weighted by Gasteiger charge is -2.05. The zero-order valence-electron chi connectivity index (χ0n) is 10.5. The standard InChI is InChI=1S/C12H16ClN5O/c13-11-8-16-18(9-11)7-4-15-12(19)2-1-5-17-6-3-14-10-17/h3,6,8-10H,1-2,4-5,7H2,(H,15,19). The lowest BCUT2D eigenvalue weighted by Crippen LogP contribution is -2.27. The van der Waals surface area contributed by atoms with Crippen LogP contribution in [-0.2, 0) is 17.9 Å². The minimum absolute atomic E-state index is 0.0540. The van der Waals surface area contributed by atoms with E-state index in [0.29, 0.717) is 24.5 Å². The van der Waals surface area contributed by atoms with E-state index >= 15 is 0 Å². The topological polar surface area (TPSA) is 64.7 Å². The molecule has 0 aromatic carbocycles. The number of aryl methyl sites for hydroxylation is 1. The number of halogens is 1. The van der Waals surface area contributed by atoms with Gasteiger partial charge in [-0.3, -0.25) is 9.48 Å². The van der Waals surface area contributed by atoms with Gasteiger partial charge in [0.15, 0.2) is 0 Å². The van der Waals surface area contributed by atoms with Crippen molar-refractivity contribution in [2.24, 2.45) is 0 Å². The van der Waals surface area contributed by atoms with E-state index in [1.807, 2.05) is 10.8 Å². The molecule has 0 bridgehead atoms. The van der Waals surface area contributed by atoms with Crippen LogP contribution in [0.3, 0.4) is 0 Å². The van der Waals surface area contributed by atoms with Gasteiger partial charge in [0.1, 0.15) is 0 Å². The summed E-state index contributed by atoms with van der Waals surface area (Å²) in [7, 11) is 0. The van der Waals surface area contributed by atoms with E-state index in [1.165, 1.54) is 0 Å². The molecule has 0 fully saturated rings. The number of rotatable bonds is 7. The van der Waals surface area contributed by atoms with E-state index in [0.717, 1.165) is 13.0 Å². The number of amides is 1. The third kappa shape index (κ3) is 4.75. The number of carbonyl (C=O) groups excluding carboxylic acids is 1. The molecule has 0 atom stereocenters. The molecule has 0 aliphatic heterocycles. The minimum atomic E-state index is 0.0540. The molecular formula is C12H16ClN5O. The Labute approximate surface area is 116 Å². The van der Waals surface area contributed by atoms with Crippen molar-refractivity contribution in [3.8, 4) is 0 Å². The first-order chi connectivity index (χ1) is 9.24. The van der Waals surface area contributed by atoms with Gasteiger partial charge in [0, 0.05) is 38.1 Å². The quantitative estimate of drug-likeness (QED) is 0.833. The number of hydrogen-bond acceptors (Lipinski definition) is 3. The van der Waals surface area contributed by atoms with Crippen molar-refractivity contribution >= 4 is 17.5 Å². The summed E-state index contributed by atoms with van der Waals surface area (Å²) in [6, 6.07) is 0. The Balaban J connectivity index is 1.57. The van der Waals surface area contributed by atoms with Crippen LogP contribution < -0.4 is 5.32 Å². The second-order valence-electron chi connectivity index (χ2n) is 4.18. The van der Waals surface area contributed by atoms with Crippen LogP contribution in [0.5, 0.6) is 0 Å². The van der Waals surface area contributed by atoms with Crippen LogP contribution >= 0.6 is 11.6 Å². The summed E-state index contributed by atoms with van der Waals surface area (Å²) in [5.74, 6) is 0.0540. The molecule has 2 aromatic heterocycles. The molecule has 0 spiro atoms. The zero-order chi connectivity index (χ0) is 13.5. The summed E-state index contributed by atoms with van der Waals surface area (Å²) < 4.78 is 3.66. The molecule has 1 amide bonds. The van der Waals surface area contributed by atoms with Crippen LogP contribution in [0, 0.1) is 0 Å². The molecule has 102 valence electrons. The fourth-order valence-corrected chi connectivity index (χ4v) is 1.86. The molecule has 19 heavy (non-hydrogen) atoms. The Morgan fingerprint density at radius 1 is 1.42 bits per heavy atom. The van der Waals surface area contributed by atoms with Gasteiger partial charge in [-0.1, -0.05) is 11.6 Å². The van der Waals surface area contributed by atoms with E-state index < -0.39 is 0 Å². The van der Waals surface area contributed by atoms with Crippen molar-refractivity contribution in [1.82, 2.24) is 24.6 Å². The molecule has 0 unspecified atom stereocenters. The lowest BCUT2D eigenvalue weighted by molar-refractivity contribution is -0.121. The summed E-state index contributed by atoms with van der Waals surface area (Å²) in [5, 5.41) is 7.49. The lowest BCUT2D eigenvalue weighted by atomic mass is 10.3. The molecule has 0 saturated heterocycles. The van der Waals surface area contributed by atoms with Gasteiger partial charge in [-0.2, -0.15) is 5.10 Å². The predicted molar refractivity (Wildman–Crippen MR) is 71.7 cm³/mol. The maximum absolute atomic E-state index is 11.6. The third-order valence-electron chi connectivity index (χ3n) is 2.64. The summed E-state index contributed by atoms with van der Waals surface area (Å²) >= 11 is 5.74. The minimum Gasteiger partial charge on any atom is -0.354 e. The van der Waals surface area contributed by atoms with Gasteiger partial charge in [0.2, 0.25) is 5.91 Å². The van der Waals surface area contributed by atoms with Crippen molar-refractivity contribution in [1.29, 1.82) is 0 Å². The van der Waals surface area contributed by atoms with Crippen LogP contribution in [0.1, 0.15) is 12.8 Å². The van der Waals surface area contributed by atoms with Crippen molar-refractivity contribution in [3.63, 3.8) is 0 Å². The number of aromatic nitrogens is 4. The molecule has 2 rings (SSSR count). The summed E-state index contributed by atoms with van der Waals surface area (Å²) in [6.45, 7) is 1.99. The fourth-order valence-electron chi connectivity index (χ4n) is 1.70. The van der Waals surface area contributed by atoms with Crippen molar-refractivity contribution in [2.75, 3.05) is 6.54 Å².